The second-order valence-corrected chi connectivity index (χ2v) is 5.43. The molecule has 116 valence electrons. The number of likely N-dealkylation sites (N-methyl/N-ethyl adjacent to an activating group) is 1. The first-order chi connectivity index (χ1) is 10.1. The summed E-state index contributed by atoms with van der Waals surface area (Å²) in [6.45, 7) is 2.22. The Morgan fingerprint density at radius 3 is 2.95 bits per heavy atom. The maximum Gasteiger partial charge on any atom is 0.269 e. The minimum atomic E-state index is -0.395. The van der Waals surface area contributed by atoms with Crippen LogP contribution < -0.4 is 11.3 Å². The van der Waals surface area contributed by atoms with Gasteiger partial charge in [0.1, 0.15) is 0 Å². The van der Waals surface area contributed by atoms with Crippen LogP contribution in [0.25, 0.3) is 0 Å². The lowest BCUT2D eigenvalue weighted by molar-refractivity contribution is -0.384. The maximum absolute atomic E-state index is 10.9. The minimum Gasteiger partial charge on any atom is -0.377 e. The van der Waals surface area contributed by atoms with Crippen LogP contribution in [0.5, 0.6) is 0 Å². The molecule has 1 aliphatic heterocycles. The fourth-order valence-corrected chi connectivity index (χ4v) is 2.62. The molecule has 2 rings (SSSR count). The van der Waals surface area contributed by atoms with E-state index < -0.39 is 4.92 Å². The highest BCUT2D eigenvalue weighted by Gasteiger charge is 2.17. The number of nitrogens with zero attached hydrogens (tertiary/aromatic N) is 2. The second-order valence-electron chi connectivity index (χ2n) is 5.43. The molecule has 1 heterocycles. The van der Waals surface area contributed by atoms with Crippen LogP contribution in [-0.4, -0.2) is 36.1 Å². The van der Waals surface area contributed by atoms with E-state index in [4.69, 9.17) is 10.6 Å². The van der Waals surface area contributed by atoms with Gasteiger partial charge in [-0.1, -0.05) is 0 Å². The molecule has 7 heteroatoms. The quantitative estimate of drug-likeness (QED) is 0.472. The molecule has 1 unspecified atom stereocenters. The van der Waals surface area contributed by atoms with E-state index in [-0.39, 0.29) is 11.8 Å². The van der Waals surface area contributed by atoms with Crippen molar-refractivity contribution in [3.63, 3.8) is 0 Å². The zero-order valence-electron chi connectivity index (χ0n) is 12.2. The monoisotopic (exact) mass is 294 g/mol. The zero-order valence-corrected chi connectivity index (χ0v) is 12.2. The number of hydrogen-bond donors (Lipinski definition) is 2. The van der Waals surface area contributed by atoms with E-state index in [1.54, 1.807) is 12.1 Å². The average molecular weight is 294 g/mol. The fraction of sp³-hybridized carbons (Fsp3) is 0.571. The Balaban J connectivity index is 2.02. The van der Waals surface area contributed by atoms with Gasteiger partial charge in [0.2, 0.25) is 0 Å². The normalized spacial score (nSPS) is 18.7. The van der Waals surface area contributed by atoms with Gasteiger partial charge in [-0.3, -0.25) is 20.9 Å². The Hall–Kier alpha value is -1.70. The highest BCUT2D eigenvalue weighted by molar-refractivity contribution is 5.55. The Bertz CT molecular complexity index is 489. The van der Waals surface area contributed by atoms with Gasteiger partial charge in [0.25, 0.3) is 5.69 Å². The van der Waals surface area contributed by atoms with E-state index in [1.165, 1.54) is 12.5 Å². The third-order valence-corrected chi connectivity index (χ3v) is 3.68. The smallest absolute Gasteiger partial charge is 0.269 e. The number of rotatable bonds is 6. The number of hydrogen-bond acceptors (Lipinski definition) is 6. The fourth-order valence-electron chi connectivity index (χ4n) is 2.62. The van der Waals surface area contributed by atoms with Crippen molar-refractivity contribution in [2.75, 3.05) is 25.6 Å². The van der Waals surface area contributed by atoms with Gasteiger partial charge < -0.3 is 10.2 Å². The lowest BCUT2D eigenvalue weighted by Crippen LogP contribution is -2.33. The number of benzene rings is 1. The molecule has 1 fully saturated rings. The number of nitrogens with two attached hydrogens (primary N) is 1. The first kappa shape index (κ1) is 15.7. The summed E-state index contributed by atoms with van der Waals surface area (Å²) in [5, 5.41) is 10.9. The number of ether oxygens (including phenoxy) is 1. The molecular weight excluding hydrogens is 272 g/mol. The molecule has 21 heavy (non-hydrogen) atoms. The van der Waals surface area contributed by atoms with Gasteiger partial charge in [-0.25, -0.2) is 0 Å². The van der Waals surface area contributed by atoms with Gasteiger partial charge in [-0.05, 0) is 37.9 Å². The predicted molar refractivity (Wildman–Crippen MR) is 80.8 cm³/mol. The summed E-state index contributed by atoms with van der Waals surface area (Å²) in [4.78, 5) is 12.6. The minimum absolute atomic E-state index is 0.0753. The lowest BCUT2D eigenvalue weighted by Gasteiger charge is -2.27. The summed E-state index contributed by atoms with van der Waals surface area (Å²) < 4.78 is 5.71. The van der Waals surface area contributed by atoms with Gasteiger partial charge in [0, 0.05) is 31.8 Å². The van der Waals surface area contributed by atoms with E-state index in [2.05, 4.69) is 10.3 Å². The van der Waals surface area contributed by atoms with Crippen LogP contribution in [0.3, 0.4) is 0 Å². The van der Waals surface area contributed by atoms with Crippen molar-refractivity contribution >= 4 is 11.4 Å². The molecule has 0 spiro atoms. The van der Waals surface area contributed by atoms with Gasteiger partial charge in [-0.15, -0.1) is 0 Å². The van der Waals surface area contributed by atoms with Crippen LogP contribution in [0, 0.1) is 10.1 Å². The number of non-ortho nitro benzene ring substituents is 1. The highest BCUT2D eigenvalue weighted by Crippen LogP contribution is 2.23. The van der Waals surface area contributed by atoms with Gasteiger partial charge in [0.15, 0.2) is 0 Å². The molecule has 1 saturated heterocycles. The van der Waals surface area contributed by atoms with Crippen LogP contribution >= 0.6 is 0 Å². The van der Waals surface area contributed by atoms with Crippen LogP contribution in [0.2, 0.25) is 0 Å². The molecule has 3 N–H and O–H groups in total. The predicted octanol–water partition coefficient (Wildman–Crippen LogP) is 1.88. The number of hydrazine groups is 1. The van der Waals surface area contributed by atoms with Crippen molar-refractivity contribution in [2.45, 2.75) is 31.9 Å². The molecule has 0 saturated carbocycles. The van der Waals surface area contributed by atoms with Gasteiger partial charge in [0.05, 0.1) is 16.7 Å². The average Bonchev–Trinajstić information content (AvgIpc) is 2.48. The first-order valence-electron chi connectivity index (χ1n) is 7.14. The molecule has 0 radical (unpaired) electrons. The van der Waals surface area contributed by atoms with Crippen molar-refractivity contribution in [1.29, 1.82) is 0 Å². The summed E-state index contributed by atoms with van der Waals surface area (Å²) in [5.74, 6) is 5.47. The number of nitro groups is 1. The third kappa shape index (κ3) is 4.38. The van der Waals surface area contributed by atoms with Crippen LogP contribution in [0.4, 0.5) is 11.4 Å². The van der Waals surface area contributed by atoms with Crippen molar-refractivity contribution in [3.05, 3.63) is 33.9 Å². The van der Waals surface area contributed by atoms with Crippen molar-refractivity contribution in [1.82, 2.24) is 4.90 Å². The second kappa shape index (κ2) is 7.35. The van der Waals surface area contributed by atoms with Gasteiger partial charge in [-0.2, -0.15) is 0 Å². The Morgan fingerprint density at radius 1 is 1.52 bits per heavy atom. The van der Waals surface area contributed by atoms with E-state index in [0.29, 0.717) is 12.2 Å². The molecular formula is C14H22N4O3. The van der Waals surface area contributed by atoms with E-state index in [9.17, 15) is 10.1 Å². The number of anilines is 1. The number of nitrogen functional groups attached to an aromatic ring is 1. The van der Waals surface area contributed by atoms with Crippen molar-refractivity contribution in [2.24, 2.45) is 5.84 Å². The van der Waals surface area contributed by atoms with Crippen molar-refractivity contribution < 1.29 is 9.66 Å². The van der Waals surface area contributed by atoms with E-state index >= 15 is 0 Å². The third-order valence-electron chi connectivity index (χ3n) is 3.68. The maximum atomic E-state index is 10.9. The van der Waals surface area contributed by atoms with Crippen molar-refractivity contribution in [3.8, 4) is 0 Å². The Kier molecular flexibility index (Phi) is 5.49. The SMILES string of the molecule is CN(Cc1cc([N+](=O)[O-])ccc1NN)CC1CCCCO1. The summed E-state index contributed by atoms with van der Waals surface area (Å²) in [6.07, 6.45) is 3.65. The topological polar surface area (TPSA) is 93.7 Å². The first-order valence-corrected chi connectivity index (χ1v) is 7.14. The Morgan fingerprint density at radius 2 is 2.33 bits per heavy atom. The highest BCUT2D eigenvalue weighted by atomic mass is 16.6. The van der Waals surface area contributed by atoms with Crippen LogP contribution in [-0.2, 0) is 11.3 Å². The Labute approximate surface area is 124 Å². The van der Waals surface area contributed by atoms with Crippen LogP contribution in [0.15, 0.2) is 18.2 Å². The van der Waals surface area contributed by atoms with E-state index in [0.717, 1.165) is 31.6 Å². The standard InChI is InChI=1S/C14H22N4O3/c1-17(10-13-4-2-3-7-21-13)9-11-8-12(18(19)20)5-6-14(11)16-15/h5-6,8,13,16H,2-4,7,9-10,15H2,1H3. The molecule has 0 amide bonds. The molecule has 1 aromatic carbocycles. The molecule has 0 aromatic heterocycles. The van der Waals surface area contributed by atoms with Gasteiger partial charge >= 0.3 is 0 Å². The van der Waals surface area contributed by atoms with Crippen LogP contribution in [0.1, 0.15) is 24.8 Å². The molecule has 0 aliphatic carbocycles. The largest absolute Gasteiger partial charge is 0.377 e. The molecule has 1 aliphatic rings. The molecule has 7 nitrogen and oxygen atoms in total. The lowest BCUT2D eigenvalue weighted by atomic mass is 10.1. The molecule has 0 bridgehead atoms. The molecule has 1 atom stereocenters. The van der Waals surface area contributed by atoms with E-state index in [1.807, 2.05) is 7.05 Å². The number of nitrogens with one attached hydrogen (secondary N) is 1. The zero-order chi connectivity index (χ0) is 15.2. The molecule has 1 aromatic rings. The summed E-state index contributed by atoms with van der Waals surface area (Å²) >= 11 is 0. The summed E-state index contributed by atoms with van der Waals surface area (Å²) in [7, 11) is 1.98. The number of nitro benzene ring substituents is 1. The summed E-state index contributed by atoms with van der Waals surface area (Å²) in [5.41, 5.74) is 4.18. The summed E-state index contributed by atoms with van der Waals surface area (Å²) in [6, 6.07) is 4.65.